The normalized spacial score (nSPS) is 14.1. The van der Waals surface area contributed by atoms with Gasteiger partial charge in [0.1, 0.15) is 19.3 Å². The minimum Gasteiger partial charge on any atom is -0.462 e. The van der Waals surface area contributed by atoms with E-state index >= 15 is 0 Å². The molecule has 0 aromatic rings. The van der Waals surface area contributed by atoms with Gasteiger partial charge in [-0.2, -0.15) is 0 Å². The van der Waals surface area contributed by atoms with Gasteiger partial charge in [-0.1, -0.05) is 394 Å². The van der Waals surface area contributed by atoms with E-state index in [1.165, 1.54) is 270 Å². The van der Waals surface area contributed by atoms with Crippen LogP contribution in [0.3, 0.4) is 0 Å². The molecule has 0 rings (SSSR count). The number of rotatable bonds is 83. The van der Waals surface area contributed by atoms with Crippen molar-refractivity contribution in [1.29, 1.82) is 0 Å². The first-order valence-corrected chi connectivity index (χ1v) is 46.2. The van der Waals surface area contributed by atoms with Crippen molar-refractivity contribution in [1.82, 2.24) is 0 Å². The molecule has 606 valence electrons. The van der Waals surface area contributed by atoms with Gasteiger partial charge in [0.25, 0.3) is 0 Å². The van der Waals surface area contributed by atoms with Gasteiger partial charge in [-0.15, -0.1) is 0 Å². The van der Waals surface area contributed by atoms with Crippen molar-refractivity contribution in [2.45, 2.75) is 464 Å². The molecular weight excluding hydrogens is 1330 g/mol. The zero-order valence-electron chi connectivity index (χ0n) is 66.8. The summed E-state index contributed by atoms with van der Waals surface area (Å²) in [5, 5.41) is 10.6. The maximum atomic E-state index is 13.1. The van der Waals surface area contributed by atoms with Gasteiger partial charge in [0.15, 0.2) is 12.2 Å². The molecule has 0 bridgehead atoms. The first-order valence-electron chi connectivity index (χ1n) is 43.2. The van der Waals surface area contributed by atoms with Crippen molar-refractivity contribution < 1.29 is 80.2 Å². The second kappa shape index (κ2) is 75.9. The van der Waals surface area contributed by atoms with E-state index in [-0.39, 0.29) is 25.7 Å². The molecule has 0 aromatic carbocycles. The summed E-state index contributed by atoms with van der Waals surface area (Å²) < 4.78 is 68.6. The number of phosphoric ester groups is 2. The van der Waals surface area contributed by atoms with Gasteiger partial charge in [-0.25, -0.2) is 9.13 Å². The highest BCUT2D eigenvalue weighted by Gasteiger charge is 2.30. The third-order valence-electron chi connectivity index (χ3n) is 19.9. The lowest BCUT2D eigenvalue weighted by atomic mass is 9.99. The standard InChI is InChI=1S/C83H162O17P2/c1-6-10-13-16-19-22-24-25-26-27-28-29-30-34-37-40-43-48-52-57-62-67-81(86)94-73-79(100-83(88)69-64-59-54-49-44-41-38-35-32-31-33-36-39-42-46-50-55-60-65-76(5)9-4)75-98-102(91,92)96-71-77(84)70-95-101(89,90)97-74-78(72-93-80(85)66-61-56-51-45-21-18-15-12-8-3)99-82(87)68-63-58-53-47-23-20-17-14-11-7-2/h76-79,84H,6-75H2,1-5H3,(H,89,90)(H,91,92)/t76?,77-,78+,79+/m0/s1. The van der Waals surface area contributed by atoms with E-state index in [2.05, 4.69) is 34.6 Å². The van der Waals surface area contributed by atoms with Crippen LogP contribution < -0.4 is 0 Å². The van der Waals surface area contributed by atoms with Gasteiger partial charge >= 0.3 is 39.5 Å². The van der Waals surface area contributed by atoms with Crippen LogP contribution in [0.4, 0.5) is 0 Å². The molecule has 0 saturated heterocycles. The summed E-state index contributed by atoms with van der Waals surface area (Å²) in [6.07, 6.45) is 68.2. The number of ether oxygens (including phenoxy) is 4. The summed E-state index contributed by atoms with van der Waals surface area (Å²) >= 11 is 0. The number of aliphatic hydroxyl groups is 1. The summed E-state index contributed by atoms with van der Waals surface area (Å²) in [6, 6.07) is 0. The number of hydrogen-bond acceptors (Lipinski definition) is 15. The Morgan fingerprint density at radius 3 is 0.696 bits per heavy atom. The van der Waals surface area contributed by atoms with E-state index in [9.17, 15) is 43.2 Å². The van der Waals surface area contributed by atoms with E-state index in [0.29, 0.717) is 25.7 Å². The van der Waals surface area contributed by atoms with Crippen LogP contribution in [-0.2, 0) is 65.4 Å². The Morgan fingerprint density at radius 1 is 0.275 bits per heavy atom. The Hall–Kier alpha value is -1.94. The van der Waals surface area contributed by atoms with Crippen LogP contribution in [-0.4, -0.2) is 96.7 Å². The van der Waals surface area contributed by atoms with Gasteiger partial charge in [-0.3, -0.25) is 37.3 Å². The highest BCUT2D eigenvalue weighted by Crippen LogP contribution is 2.45. The van der Waals surface area contributed by atoms with Crippen molar-refractivity contribution >= 4 is 39.5 Å². The molecule has 17 nitrogen and oxygen atoms in total. The number of hydrogen-bond donors (Lipinski definition) is 3. The Bertz CT molecular complexity index is 1950. The molecule has 0 spiro atoms. The predicted molar refractivity (Wildman–Crippen MR) is 418 cm³/mol. The maximum Gasteiger partial charge on any atom is 0.472 e. The number of unbranched alkanes of at least 4 members (excludes halogenated alkanes) is 54. The van der Waals surface area contributed by atoms with Gasteiger partial charge in [0.05, 0.1) is 26.4 Å². The van der Waals surface area contributed by atoms with Crippen LogP contribution in [0.5, 0.6) is 0 Å². The maximum absolute atomic E-state index is 13.1. The average Bonchev–Trinajstić information content (AvgIpc) is 1.04. The van der Waals surface area contributed by atoms with Crippen LogP contribution in [0, 0.1) is 5.92 Å². The fraction of sp³-hybridized carbons (Fsp3) is 0.952. The van der Waals surface area contributed by atoms with E-state index in [1.807, 2.05) is 0 Å². The van der Waals surface area contributed by atoms with E-state index < -0.39 is 97.5 Å². The van der Waals surface area contributed by atoms with Crippen molar-refractivity contribution in [2.75, 3.05) is 39.6 Å². The summed E-state index contributed by atoms with van der Waals surface area (Å²) in [5.74, 6) is -1.24. The molecule has 19 heteroatoms. The first-order chi connectivity index (χ1) is 49.6. The molecule has 0 aliphatic rings. The topological polar surface area (TPSA) is 237 Å². The molecule has 3 unspecified atom stereocenters. The molecular formula is C83H162O17P2. The van der Waals surface area contributed by atoms with Crippen LogP contribution >= 0.6 is 15.6 Å². The Morgan fingerprint density at radius 2 is 0.471 bits per heavy atom. The molecule has 0 radical (unpaired) electrons. The summed E-state index contributed by atoms with van der Waals surface area (Å²) in [6.45, 7) is 7.37. The van der Waals surface area contributed by atoms with Crippen LogP contribution in [0.1, 0.15) is 446 Å². The van der Waals surface area contributed by atoms with Gasteiger partial charge in [0, 0.05) is 25.7 Å². The zero-order chi connectivity index (χ0) is 74.8. The zero-order valence-corrected chi connectivity index (χ0v) is 68.5. The monoisotopic (exact) mass is 1490 g/mol. The quantitative estimate of drug-likeness (QED) is 0.0222. The summed E-state index contributed by atoms with van der Waals surface area (Å²) in [7, 11) is -9.91. The average molecular weight is 1490 g/mol. The smallest absolute Gasteiger partial charge is 0.462 e. The minimum atomic E-state index is -4.96. The highest BCUT2D eigenvalue weighted by molar-refractivity contribution is 7.47. The van der Waals surface area contributed by atoms with Crippen molar-refractivity contribution in [3.63, 3.8) is 0 Å². The fourth-order valence-corrected chi connectivity index (χ4v) is 14.5. The molecule has 3 N–H and O–H groups in total. The minimum absolute atomic E-state index is 0.107. The Labute approximate surface area is 626 Å². The molecule has 0 aliphatic carbocycles. The first kappa shape index (κ1) is 100. The summed E-state index contributed by atoms with van der Waals surface area (Å²) in [5.41, 5.74) is 0. The molecule has 0 amide bonds. The number of carbonyl (C=O) groups excluding carboxylic acids is 4. The second-order valence-electron chi connectivity index (χ2n) is 30.1. The number of esters is 4. The number of phosphoric acid groups is 2. The molecule has 6 atom stereocenters. The van der Waals surface area contributed by atoms with Crippen molar-refractivity contribution in [3.8, 4) is 0 Å². The van der Waals surface area contributed by atoms with Gasteiger partial charge in [-0.05, 0) is 31.6 Å². The lowest BCUT2D eigenvalue weighted by Gasteiger charge is -2.21. The van der Waals surface area contributed by atoms with Crippen LogP contribution in [0.15, 0.2) is 0 Å². The van der Waals surface area contributed by atoms with Crippen LogP contribution in [0.25, 0.3) is 0 Å². The van der Waals surface area contributed by atoms with Gasteiger partial charge in [0.2, 0.25) is 0 Å². The molecule has 0 aliphatic heterocycles. The van der Waals surface area contributed by atoms with Crippen molar-refractivity contribution in [2.24, 2.45) is 5.92 Å². The number of carbonyl (C=O) groups is 4. The molecule has 102 heavy (non-hydrogen) atoms. The predicted octanol–water partition coefficient (Wildman–Crippen LogP) is 25.2. The van der Waals surface area contributed by atoms with Gasteiger partial charge < -0.3 is 33.8 Å². The SMILES string of the molecule is CCCCCCCCCCCCCCCCCCCCCCCC(=O)OC[C@H](COP(=O)(O)OC[C@@H](O)COP(=O)(O)OC[C@@H](COC(=O)CCCCCCCCCCC)OC(=O)CCCCCCCCCCCC)OC(=O)CCCCCCCCCCCCCCCCCCCCC(C)CC. The third-order valence-corrected chi connectivity index (χ3v) is 21.8. The summed E-state index contributed by atoms with van der Waals surface area (Å²) in [4.78, 5) is 72.9. The fourth-order valence-electron chi connectivity index (χ4n) is 12.9. The Balaban J connectivity index is 5.15. The molecule has 0 fully saturated rings. The van der Waals surface area contributed by atoms with E-state index in [0.717, 1.165) is 95.8 Å². The van der Waals surface area contributed by atoms with Crippen molar-refractivity contribution in [3.05, 3.63) is 0 Å². The molecule has 0 saturated carbocycles. The van der Waals surface area contributed by atoms with E-state index in [1.54, 1.807) is 0 Å². The van der Waals surface area contributed by atoms with Crippen LogP contribution in [0.2, 0.25) is 0 Å². The Kier molecular flexibility index (Phi) is 74.4. The number of aliphatic hydroxyl groups excluding tert-OH is 1. The molecule has 0 aromatic heterocycles. The van der Waals surface area contributed by atoms with E-state index in [4.69, 9.17) is 37.0 Å². The lowest BCUT2D eigenvalue weighted by molar-refractivity contribution is -0.161. The highest BCUT2D eigenvalue weighted by atomic mass is 31.2. The largest absolute Gasteiger partial charge is 0.472 e. The molecule has 0 heterocycles. The second-order valence-corrected chi connectivity index (χ2v) is 33.0. The third kappa shape index (κ3) is 74.9. The lowest BCUT2D eigenvalue weighted by Crippen LogP contribution is -2.30.